The number of para-hydroxylation sites is 2. The van der Waals surface area contributed by atoms with Gasteiger partial charge in [0.15, 0.2) is 0 Å². The minimum atomic E-state index is -1.82. The fourth-order valence-corrected chi connectivity index (χ4v) is 3.73. The molecule has 1 aliphatic heterocycles. The third kappa shape index (κ3) is 5.75. The van der Waals surface area contributed by atoms with Crippen LogP contribution in [0, 0.1) is 0 Å². The van der Waals surface area contributed by atoms with Gasteiger partial charge < -0.3 is 20.5 Å². The number of hydrogen-bond donors (Lipinski definition) is 4. The fraction of sp³-hybridized carbons (Fsp3) is 0.273. The molecule has 0 radical (unpaired) electrons. The van der Waals surface area contributed by atoms with Gasteiger partial charge in [0.1, 0.15) is 0 Å². The van der Waals surface area contributed by atoms with Crippen LogP contribution in [0.2, 0.25) is 5.02 Å². The number of hydrogen-bond acceptors (Lipinski definition) is 4. The molecule has 0 saturated carbocycles. The van der Waals surface area contributed by atoms with Crippen LogP contribution in [0.5, 0.6) is 0 Å². The first-order chi connectivity index (χ1) is 14.4. The average molecular weight is 430 g/mol. The summed E-state index contributed by atoms with van der Waals surface area (Å²) in [6.07, 6.45) is 4.44. The molecular weight excluding hydrogens is 406 g/mol. The van der Waals surface area contributed by atoms with Crippen molar-refractivity contribution in [3.05, 3.63) is 65.3 Å². The smallest absolute Gasteiger partial charge is 0.414 e. The number of likely N-dealkylation sites (tertiary alicyclic amines) is 1. The lowest BCUT2D eigenvalue weighted by atomic mass is 10.0. The summed E-state index contributed by atoms with van der Waals surface area (Å²) in [5.74, 6) is -3.65. The van der Waals surface area contributed by atoms with Gasteiger partial charge in [0.05, 0.1) is 10.7 Å². The highest BCUT2D eigenvalue weighted by atomic mass is 35.5. The van der Waals surface area contributed by atoms with E-state index in [4.69, 9.17) is 31.4 Å². The molecule has 0 bridgehead atoms. The Balaban J connectivity index is 0.000000377. The Labute approximate surface area is 179 Å². The summed E-state index contributed by atoms with van der Waals surface area (Å²) in [6.45, 7) is 3.24. The van der Waals surface area contributed by atoms with E-state index in [0.29, 0.717) is 6.04 Å². The maximum Gasteiger partial charge on any atom is 0.414 e. The van der Waals surface area contributed by atoms with E-state index in [2.05, 4.69) is 51.7 Å². The standard InChI is InChI=1S/C20H22ClN3.C2H2O4/c21-18-6-2-4-8-20(18)23-16-9-11-24(12-10-16)14-15-13-22-19-7-3-1-5-17(15)19;3-1(4)2(5)6/h1-8,13,16,22-23H,9-12,14H2;(H,3,4)(H,5,6). The number of halogens is 1. The second kappa shape index (κ2) is 10.1. The number of fused-ring (bicyclic) bond motifs is 1. The quantitative estimate of drug-likeness (QED) is 0.466. The molecule has 4 rings (SSSR count). The average Bonchev–Trinajstić information content (AvgIpc) is 3.14. The van der Waals surface area contributed by atoms with Crippen molar-refractivity contribution in [3.63, 3.8) is 0 Å². The van der Waals surface area contributed by atoms with Gasteiger partial charge in [-0.3, -0.25) is 4.90 Å². The van der Waals surface area contributed by atoms with Crippen LogP contribution in [0.3, 0.4) is 0 Å². The molecule has 0 spiro atoms. The maximum absolute atomic E-state index is 9.10. The third-order valence-electron chi connectivity index (χ3n) is 5.07. The highest BCUT2D eigenvalue weighted by Gasteiger charge is 2.20. The molecule has 1 aliphatic rings. The van der Waals surface area contributed by atoms with E-state index in [1.54, 1.807) is 0 Å². The van der Waals surface area contributed by atoms with E-state index < -0.39 is 11.9 Å². The Hall–Kier alpha value is -3.03. The van der Waals surface area contributed by atoms with Gasteiger partial charge in [0.25, 0.3) is 0 Å². The summed E-state index contributed by atoms with van der Waals surface area (Å²) in [5, 5.41) is 20.5. The lowest BCUT2D eigenvalue weighted by molar-refractivity contribution is -0.159. The van der Waals surface area contributed by atoms with Crippen molar-refractivity contribution >= 4 is 40.1 Å². The molecule has 0 atom stereocenters. The number of benzene rings is 2. The molecule has 0 unspecified atom stereocenters. The second-order valence-electron chi connectivity index (χ2n) is 7.14. The van der Waals surface area contributed by atoms with Crippen LogP contribution in [0.15, 0.2) is 54.7 Å². The number of aromatic amines is 1. The summed E-state index contributed by atoms with van der Waals surface area (Å²) in [7, 11) is 0. The summed E-state index contributed by atoms with van der Waals surface area (Å²) in [5.41, 5.74) is 3.67. The zero-order chi connectivity index (χ0) is 21.5. The molecule has 0 amide bonds. The van der Waals surface area contributed by atoms with Gasteiger partial charge in [-0.1, -0.05) is 41.9 Å². The number of nitrogens with zero attached hydrogens (tertiary/aromatic N) is 1. The number of aromatic nitrogens is 1. The van der Waals surface area contributed by atoms with Crippen LogP contribution in [0.1, 0.15) is 18.4 Å². The lowest BCUT2D eigenvalue weighted by Gasteiger charge is -2.33. The van der Waals surface area contributed by atoms with Crippen LogP contribution in [-0.4, -0.2) is 51.2 Å². The van der Waals surface area contributed by atoms with Crippen LogP contribution >= 0.6 is 11.6 Å². The molecule has 1 saturated heterocycles. The zero-order valence-corrected chi connectivity index (χ0v) is 17.1. The number of nitrogens with one attached hydrogen (secondary N) is 2. The molecule has 4 N–H and O–H groups in total. The molecule has 30 heavy (non-hydrogen) atoms. The Bertz CT molecular complexity index is 1000. The fourth-order valence-electron chi connectivity index (χ4n) is 3.54. The number of carbonyl (C=O) groups is 2. The Morgan fingerprint density at radius 3 is 2.33 bits per heavy atom. The molecule has 7 nitrogen and oxygen atoms in total. The molecular formula is C22H24ClN3O4. The van der Waals surface area contributed by atoms with Crippen LogP contribution in [0.4, 0.5) is 5.69 Å². The van der Waals surface area contributed by atoms with E-state index in [1.807, 2.05) is 18.2 Å². The molecule has 2 heterocycles. The number of aliphatic carboxylic acids is 2. The van der Waals surface area contributed by atoms with Gasteiger partial charge >= 0.3 is 11.9 Å². The number of H-pyrrole nitrogens is 1. The van der Waals surface area contributed by atoms with Gasteiger partial charge in [-0.2, -0.15) is 0 Å². The molecule has 3 aromatic rings. The predicted octanol–water partition coefficient (Wildman–Crippen LogP) is 4.05. The number of anilines is 1. The Morgan fingerprint density at radius 2 is 1.67 bits per heavy atom. The molecule has 0 aliphatic carbocycles. The topological polar surface area (TPSA) is 106 Å². The van der Waals surface area contributed by atoms with Gasteiger partial charge in [-0.05, 0) is 36.6 Å². The zero-order valence-electron chi connectivity index (χ0n) is 16.3. The van der Waals surface area contributed by atoms with Crippen LogP contribution < -0.4 is 5.32 Å². The molecule has 1 fully saturated rings. The largest absolute Gasteiger partial charge is 0.473 e. The SMILES string of the molecule is Clc1ccccc1NC1CCN(Cc2c[nH]c3ccccc23)CC1.O=C(O)C(=O)O. The monoisotopic (exact) mass is 429 g/mol. The van der Waals surface area contributed by atoms with E-state index in [0.717, 1.165) is 43.2 Å². The molecule has 158 valence electrons. The first-order valence-corrected chi connectivity index (χ1v) is 10.1. The van der Waals surface area contributed by atoms with E-state index in [-0.39, 0.29) is 0 Å². The van der Waals surface area contributed by atoms with Crippen molar-refractivity contribution in [1.82, 2.24) is 9.88 Å². The highest BCUT2D eigenvalue weighted by molar-refractivity contribution is 6.33. The summed E-state index contributed by atoms with van der Waals surface area (Å²) in [4.78, 5) is 24.1. The van der Waals surface area contributed by atoms with Crippen LogP contribution in [0.25, 0.3) is 10.9 Å². The minimum Gasteiger partial charge on any atom is -0.473 e. The van der Waals surface area contributed by atoms with Gasteiger partial charge in [0.2, 0.25) is 0 Å². The van der Waals surface area contributed by atoms with Crippen molar-refractivity contribution in [2.45, 2.75) is 25.4 Å². The third-order valence-corrected chi connectivity index (χ3v) is 5.40. The van der Waals surface area contributed by atoms with Crippen LogP contribution in [-0.2, 0) is 16.1 Å². The predicted molar refractivity (Wildman–Crippen MR) is 117 cm³/mol. The number of carboxylic acids is 2. The summed E-state index contributed by atoms with van der Waals surface area (Å²) >= 11 is 6.25. The van der Waals surface area contributed by atoms with E-state index in [1.165, 1.54) is 16.5 Å². The number of carboxylic acid groups (broad SMARTS) is 2. The number of rotatable bonds is 4. The Morgan fingerprint density at radius 1 is 1.03 bits per heavy atom. The highest BCUT2D eigenvalue weighted by Crippen LogP contribution is 2.25. The van der Waals surface area contributed by atoms with Gasteiger partial charge in [-0.25, -0.2) is 9.59 Å². The maximum atomic E-state index is 9.10. The first-order valence-electron chi connectivity index (χ1n) is 9.68. The lowest BCUT2D eigenvalue weighted by Crippen LogP contribution is -2.38. The van der Waals surface area contributed by atoms with Gasteiger partial charge in [0, 0.05) is 42.8 Å². The number of piperidine rings is 1. The van der Waals surface area contributed by atoms with Crippen molar-refractivity contribution in [3.8, 4) is 0 Å². The summed E-state index contributed by atoms with van der Waals surface area (Å²) < 4.78 is 0. The van der Waals surface area contributed by atoms with E-state index in [9.17, 15) is 0 Å². The second-order valence-corrected chi connectivity index (χ2v) is 7.55. The summed E-state index contributed by atoms with van der Waals surface area (Å²) in [6, 6.07) is 17.0. The Kier molecular flexibility index (Phi) is 7.32. The minimum absolute atomic E-state index is 0.504. The molecule has 1 aromatic heterocycles. The van der Waals surface area contributed by atoms with Crippen molar-refractivity contribution in [1.29, 1.82) is 0 Å². The molecule has 8 heteroatoms. The molecule has 2 aromatic carbocycles. The van der Waals surface area contributed by atoms with Gasteiger partial charge in [-0.15, -0.1) is 0 Å². The van der Waals surface area contributed by atoms with Crippen molar-refractivity contribution < 1.29 is 19.8 Å². The first kappa shape index (κ1) is 21.7. The normalized spacial score (nSPS) is 14.7. The van der Waals surface area contributed by atoms with Crippen molar-refractivity contribution in [2.75, 3.05) is 18.4 Å². The van der Waals surface area contributed by atoms with Crippen molar-refractivity contribution in [2.24, 2.45) is 0 Å². The van der Waals surface area contributed by atoms with E-state index >= 15 is 0 Å².